The molecule has 0 saturated carbocycles. The molecule has 3 aromatic rings. The smallest absolute Gasteiger partial charge is 0.348 e. The van der Waals surface area contributed by atoms with Crippen LogP contribution in [0.1, 0.15) is 32.5 Å². The number of rotatable bonds is 7. The van der Waals surface area contributed by atoms with Crippen LogP contribution in [0.25, 0.3) is 11.0 Å². The lowest BCUT2D eigenvalue weighted by atomic mass is 10.1. The van der Waals surface area contributed by atoms with Crippen LogP contribution in [-0.2, 0) is 20.8 Å². The lowest BCUT2D eigenvalue weighted by molar-refractivity contribution is -0.113. The van der Waals surface area contributed by atoms with E-state index in [1.807, 2.05) is 35.8 Å². The average molecular weight is 448 g/mol. The molecule has 0 radical (unpaired) electrons. The topological polar surface area (TPSA) is 99.5 Å². The second-order valence-electron chi connectivity index (χ2n) is 6.21. The van der Waals surface area contributed by atoms with Crippen molar-refractivity contribution in [2.24, 2.45) is 0 Å². The van der Waals surface area contributed by atoms with Crippen molar-refractivity contribution in [3.63, 3.8) is 0 Å². The fourth-order valence-corrected chi connectivity index (χ4v) is 5.01. The Morgan fingerprint density at radius 1 is 1.17 bits per heavy atom. The number of amides is 1. The van der Waals surface area contributed by atoms with Gasteiger partial charge in [-0.1, -0.05) is 23.9 Å². The van der Waals surface area contributed by atoms with Gasteiger partial charge < -0.3 is 19.4 Å². The zero-order chi connectivity index (χ0) is 21.8. The molecule has 0 saturated heterocycles. The summed E-state index contributed by atoms with van der Waals surface area (Å²) in [6.07, 6.45) is 0. The molecule has 0 aliphatic rings. The monoisotopic (exact) mass is 447 g/mol. The van der Waals surface area contributed by atoms with Crippen LogP contribution in [0, 0.1) is 6.92 Å². The summed E-state index contributed by atoms with van der Waals surface area (Å²) in [4.78, 5) is 41.6. The Morgan fingerprint density at radius 3 is 2.53 bits per heavy atom. The van der Waals surface area contributed by atoms with Crippen LogP contribution in [0.2, 0.25) is 0 Å². The van der Waals surface area contributed by atoms with E-state index in [0.717, 1.165) is 34.1 Å². The van der Waals surface area contributed by atoms with Gasteiger partial charge in [0.05, 0.1) is 36.6 Å². The predicted octanol–water partition coefficient (Wildman–Crippen LogP) is 3.73. The van der Waals surface area contributed by atoms with Gasteiger partial charge in [-0.3, -0.25) is 4.79 Å². The molecule has 3 rings (SSSR count). The summed E-state index contributed by atoms with van der Waals surface area (Å²) >= 11 is 2.29. The average Bonchev–Trinajstić information content (AvgIpc) is 3.27. The summed E-state index contributed by atoms with van der Waals surface area (Å²) in [5.41, 5.74) is 2.44. The summed E-state index contributed by atoms with van der Waals surface area (Å²) in [6, 6.07) is 7.78. The molecule has 0 unspecified atom stereocenters. The highest BCUT2D eigenvalue weighted by Gasteiger charge is 2.26. The molecule has 1 N–H and O–H groups in total. The number of benzene rings is 1. The molecule has 0 bridgehead atoms. The summed E-state index contributed by atoms with van der Waals surface area (Å²) in [5.74, 6) is -1.43. The van der Waals surface area contributed by atoms with Gasteiger partial charge in [-0.25, -0.2) is 14.6 Å². The largest absolute Gasteiger partial charge is 0.465 e. The first kappa shape index (κ1) is 21.8. The number of aromatic nitrogens is 2. The highest BCUT2D eigenvalue weighted by molar-refractivity contribution is 7.99. The number of carbonyl (C=O) groups excluding carboxylic acids is 3. The molecule has 10 heteroatoms. The number of nitrogens with one attached hydrogen (secondary N) is 1. The zero-order valence-corrected chi connectivity index (χ0v) is 18.6. The number of anilines is 1. The fraction of sp³-hybridized carbons (Fsp3) is 0.300. The van der Waals surface area contributed by atoms with E-state index in [-0.39, 0.29) is 27.1 Å². The first-order valence-corrected chi connectivity index (χ1v) is 10.9. The predicted molar refractivity (Wildman–Crippen MR) is 116 cm³/mol. The van der Waals surface area contributed by atoms with Crippen LogP contribution in [0.15, 0.2) is 29.4 Å². The number of nitrogens with zero attached hydrogens (tertiary/aromatic N) is 2. The van der Waals surface area contributed by atoms with E-state index >= 15 is 0 Å². The van der Waals surface area contributed by atoms with Gasteiger partial charge in [0.25, 0.3) is 0 Å². The number of hydrogen-bond donors (Lipinski definition) is 1. The van der Waals surface area contributed by atoms with Gasteiger partial charge in [-0.05, 0) is 31.5 Å². The molecule has 0 atom stereocenters. The number of fused-ring (bicyclic) bond motifs is 1. The molecular formula is C20H21N3O5S2. The van der Waals surface area contributed by atoms with Crippen molar-refractivity contribution in [3.8, 4) is 0 Å². The third kappa shape index (κ3) is 4.19. The van der Waals surface area contributed by atoms with Crippen molar-refractivity contribution in [2.75, 3.05) is 25.3 Å². The molecule has 8 nitrogen and oxygen atoms in total. The van der Waals surface area contributed by atoms with Crippen molar-refractivity contribution in [1.82, 2.24) is 9.55 Å². The molecule has 1 amide bonds. The normalized spacial score (nSPS) is 10.8. The Kier molecular flexibility index (Phi) is 6.78. The van der Waals surface area contributed by atoms with Crippen molar-refractivity contribution in [2.45, 2.75) is 25.5 Å². The lowest BCUT2D eigenvalue weighted by Crippen LogP contribution is -2.16. The minimum Gasteiger partial charge on any atom is -0.465 e. The van der Waals surface area contributed by atoms with Gasteiger partial charge in [0.1, 0.15) is 9.88 Å². The number of ether oxygens (including phenoxy) is 2. The molecule has 0 aliphatic carbocycles. The summed E-state index contributed by atoms with van der Waals surface area (Å²) in [7, 11) is 2.50. The molecule has 158 valence electrons. The lowest BCUT2D eigenvalue weighted by Gasteiger charge is -2.07. The van der Waals surface area contributed by atoms with Crippen LogP contribution < -0.4 is 5.32 Å². The van der Waals surface area contributed by atoms with E-state index in [4.69, 9.17) is 9.47 Å². The first-order chi connectivity index (χ1) is 14.4. The number of imidazole rings is 1. The second-order valence-corrected chi connectivity index (χ2v) is 8.17. The number of methoxy groups -OCH3 is 2. The van der Waals surface area contributed by atoms with Gasteiger partial charge >= 0.3 is 11.9 Å². The van der Waals surface area contributed by atoms with E-state index in [2.05, 4.69) is 10.3 Å². The number of hydrogen-bond acceptors (Lipinski definition) is 8. The van der Waals surface area contributed by atoms with Gasteiger partial charge in [0.15, 0.2) is 5.16 Å². The van der Waals surface area contributed by atoms with E-state index in [1.165, 1.54) is 26.0 Å². The minimum absolute atomic E-state index is 0.0917. The Balaban J connectivity index is 1.80. The molecule has 1 aromatic carbocycles. The molecular weight excluding hydrogens is 426 g/mol. The highest BCUT2D eigenvalue weighted by Crippen LogP contribution is 2.34. The minimum atomic E-state index is -0.630. The van der Waals surface area contributed by atoms with E-state index in [0.29, 0.717) is 5.56 Å². The molecule has 2 heterocycles. The Morgan fingerprint density at radius 2 is 1.87 bits per heavy atom. The second kappa shape index (κ2) is 9.31. The van der Waals surface area contributed by atoms with Crippen molar-refractivity contribution in [3.05, 3.63) is 40.3 Å². The fourth-order valence-electron chi connectivity index (χ4n) is 3.00. The van der Waals surface area contributed by atoms with Gasteiger partial charge in [-0.2, -0.15) is 0 Å². The maximum atomic E-state index is 12.6. The standard InChI is InChI=1S/C20H21N3O5S2/c1-5-23-13-9-7-6-8-12(13)21-20(23)29-10-14(24)22-17-15(18(25)27-3)11(2)16(30-17)19(26)28-4/h6-9H,5,10H2,1-4H3,(H,22,24). The third-order valence-corrected chi connectivity index (χ3v) is 6.59. The van der Waals surface area contributed by atoms with Crippen LogP contribution in [0.3, 0.4) is 0 Å². The van der Waals surface area contributed by atoms with Crippen LogP contribution >= 0.6 is 23.1 Å². The Hall–Kier alpha value is -2.85. The van der Waals surface area contributed by atoms with Crippen LogP contribution in [0.4, 0.5) is 5.00 Å². The Bertz CT molecular complexity index is 1120. The third-order valence-electron chi connectivity index (χ3n) is 4.43. The summed E-state index contributed by atoms with van der Waals surface area (Å²) < 4.78 is 11.6. The number of carbonyl (C=O) groups is 3. The summed E-state index contributed by atoms with van der Waals surface area (Å²) in [6.45, 7) is 4.36. The molecule has 0 aliphatic heterocycles. The van der Waals surface area contributed by atoms with Crippen molar-refractivity contribution in [1.29, 1.82) is 0 Å². The first-order valence-electron chi connectivity index (χ1n) is 9.09. The SMILES string of the molecule is CCn1c(SCC(=O)Nc2sc(C(=O)OC)c(C)c2C(=O)OC)nc2ccccc21. The number of thioether (sulfide) groups is 1. The quantitative estimate of drug-likeness (QED) is 0.435. The number of para-hydroxylation sites is 2. The number of aryl methyl sites for hydroxylation is 1. The van der Waals surface area contributed by atoms with Crippen molar-refractivity contribution >= 4 is 57.0 Å². The van der Waals surface area contributed by atoms with E-state index in [1.54, 1.807) is 6.92 Å². The molecule has 0 spiro atoms. The highest BCUT2D eigenvalue weighted by atomic mass is 32.2. The molecule has 30 heavy (non-hydrogen) atoms. The molecule has 0 fully saturated rings. The van der Waals surface area contributed by atoms with E-state index < -0.39 is 11.9 Å². The number of thiophene rings is 1. The van der Waals surface area contributed by atoms with Crippen molar-refractivity contribution < 1.29 is 23.9 Å². The van der Waals surface area contributed by atoms with Gasteiger partial charge in [-0.15, -0.1) is 11.3 Å². The number of esters is 2. The zero-order valence-electron chi connectivity index (χ0n) is 17.0. The van der Waals surface area contributed by atoms with Gasteiger partial charge in [0.2, 0.25) is 5.91 Å². The molecule has 2 aromatic heterocycles. The van der Waals surface area contributed by atoms with Gasteiger partial charge in [0, 0.05) is 6.54 Å². The van der Waals surface area contributed by atoms with Crippen LogP contribution in [-0.4, -0.2) is 47.4 Å². The van der Waals surface area contributed by atoms with E-state index in [9.17, 15) is 14.4 Å². The Labute approximate surface area is 181 Å². The maximum Gasteiger partial charge on any atom is 0.348 e. The maximum absolute atomic E-state index is 12.6. The van der Waals surface area contributed by atoms with Crippen LogP contribution in [0.5, 0.6) is 0 Å². The summed E-state index contributed by atoms with van der Waals surface area (Å²) in [5, 5.41) is 3.71.